The zero-order valence-electron chi connectivity index (χ0n) is 13.4. The van der Waals surface area contributed by atoms with E-state index in [9.17, 15) is 9.59 Å². The van der Waals surface area contributed by atoms with Gasteiger partial charge < -0.3 is 19.7 Å². The van der Waals surface area contributed by atoms with Crippen LogP contribution in [0.25, 0.3) is 0 Å². The topological polar surface area (TPSA) is 67.9 Å². The van der Waals surface area contributed by atoms with Crippen molar-refractivity contribution in [3.8, 4) is 11.5 Å². The second kappa shape index (κ2) is 6.31. The van der Waals surface area contributed by atoms with Gasteiger partial charge in [0.25, 0.3) is 5.91 Å². The minimum absolute atomic E-state index is 0.0889. The lowest BCUT2D eigenvalue weighted by molar-refractivity contribution is -0.124. The quantitative estimate of drug-likeness (QED) is 0.888. The summed E-state index contributed by atoms with van der Waals surface area (Å²) in [4.78, 5) is 26.9. The summed E-state index contributed by atoms with van der Waals surface area (Å²) in [7, 11) is 3.06. The number of methoxy groups -OCH3 is 2. The first-order valence-corrected chi connectivity index (χ1v) is 8.65. The molecule has 2 amide bonds. The largest absolute Gasteiger partial charge is 0.493 e. The van der Waals surface area contributed by atoms with Gasteiger partial charge in [0.1, 0.15) is 11.4 Å². The van der Waals surface area contributed by atoms with E-state index < -0.39 is 6.04 Å². The number of fused-ring (bicyclic) bond motifs is 3. The van der Waals surface area contributed by atoms with Crippen LogP contribution in [0.1, 0.15) is 34.6 Å². The average molecular weight is 336 g/mol. The minimum Gasteiger partial charge on any atom is -0.493 e. The van der Waals surface area contributed by atoms with E-state index in [-0.39, 0.29) is 17.2 Å². The highest BCUT2D eigenvalue weighted by Gasteiger charge is 2.50. The van der Waals surface area contributed by atoms with E-state index in [1.165, 1.54) is 7.11 Å². The van der Waals surface area contributed by atoms with Gasteiger partial charge in [-0.25, -0.2) is 0 Å². The molecule has 0 radical (unpaired) electrons. The molecule has 1 fully saturated rings. The Morgan fingerprint density at radius 1 is 1.39 bits per heavy atom. The number of carbonyl (C=O) groups excluding carboxylic acids is 2. The van der Waals surface area contributed by atoms with E-state index in [1.54, 1.807) is 29.8 Å². The van der Waals surface area contributed by atoms with Crippen LogP contribution in [0, 0.1) is 0 Å². The van der Waals surface area contributed by atoms with Gasteiger partial charge in [-0.05, 0) is 12.5 Å². The van der Waals surface area contributed by atoms with Crippen molar-refractivity contribution in [2.24, 2.45) is 0 Å². The molecular formula is C16H20N2O4S. The molecule has 0 aromatic heterocycles. The predicted molar refractivity (Wildman–Crippen MR) is 88.0 cm³/mol. The number of hydrogen-bond acceptors (Lipinski definition) is 5. The normalized spacial score (nSPS) is 21.9. The third kappa shape index (κ3) is 2.43. The lowest BCUT2D eigenvalue weighted by atomic mass is 10.1. The molecular weight excluding hydrogens is 316 g/mol. The van der Waals surface area contributed by atoms with Gasteiger partial charge in [0.05, 0.1) is 19.8 Å². The van der Waals surface area contributed by atoms with Crippen LogP contribution >= 0.6 is 11.8 Å². The molecule has 6 nitrogen and oxygen atoms in total. The Labute approximate surface area is 139 Å². The van der Waals surface area contributed by atoms with Gasteiger partial charge in [-0.15, -0.1) is 11.8 Å². The van der Waals surface area contributed by atoms with Crippen molar-refractivity contribution in [2.75, 3.05) is 26.5 Å². The standard InChI is InChI=1S/C16H20N2O4S/c1-4-7-17-14(19)10-8-23-16-9-5-6-11(21-2)13(22-3)12(9)15(20)18(10)16/h5-6,10,16H,4,7-8H2,1-3H3,(H,17,19)/t10-,16-/m0/s1. The second-order valence-corrected chi connectivity index (χ2v) is 6.58. The summed E-state index contributed by atoms with van der Waals surface area (Å²) in [6, 6.07) is 3.25. The number of ether oxygens (including phenoxy) is 2. The van der Waals surface area contributed by atoms with Crippen LogP contribution in [0.3, 0.4) is 0 Å². The van der Waals surface area contributed by atoms with Gasteiger partial charge in [0, 0.05) is 17.9 Å². The Bertz CT molecular complexity index is 649. The highest BCUT2D eigenvalue weighted by molar-refractivity contribution is 7.99. The van der Waals surface area contributed by atoms with Crippen molar-refractivity contribution in [3.63, 3.8) is 0 Å². The van der Waals surface area contributed by atoms with Crippen molar-refractivity contribution < 1.29 is 19.1 Å². The Hall–Kier alpha value is -1.89. The maximum Gasteiger partial charge on any atom is 0.260 e. The Morgan fingerprint density at radius 3 is 2.83 bits per heavy atom. The molecule has 124 valence electrons. The third-order valence-electron chi connectivity index (χ3n) is 4.14. The van der Waals surface area contributed by atoms with Crippen LogP contribution in [0.2, 0.25) is 0 Å². The first kappa shape index (κ1) is 16.0. The second-order valence-electron chi connectivity index (χ2n) is 5.47. The van der Waals surface area contributed by atoms with Crippen LogP contribution in [0.15, 0.2) is 12.1 Å². The van der Waals surface area contributed by atoms with Gasteiger partial charge in [-0.3, -0.25) is 9.59 Å². The summed E-state index contributed by atoms with van der Waals surface area (Å²) in [5.41, 5.74) is 1.40. The van der Waals surface area contributed by atoms with Crippen LogP contribution in [0.5, 0.6) is 11.5 Å². The predicted octanol–water partition coefficient (Wildman–Crippen LogP) is 1.80. The third-order valence-corrected chi connectivity index (χ3v) is 5.45. The lowest BCUT2D eigenvalue weighted by Gasteiger charge is -2.22. The maximum absolute atomic E-state index is 12.9. The molecule has 1 aromatic rings. The molecule has 2 aliphatic rings. The molecule has 0 aliphatic carbocycles. The van der Waals surface area contributed by atoms with Crippen molar-refractivity contribution in [2.45, 2.75) is 24.8 Å². The molecule has 3 rings (SSSR count). The molecule has 0 unspecified atom stereocenters. The van der Waals surface area contributed by atoms with Gasteiger partial charge in [-0.2, -0.15) is 0 Å². The molecule has 23 heavy (non-hydrogen) atoms. The smallest absolute Gasteiger partial charge is 0.260 e. The van der Waals surface area contributed by atoms with E-state index in [4.69, 9.17) is 9.47 Å². The molecule has 2 heterocycles. The van der Waals surface area contributed by atoms with Crippen LogP contribution < -0.4 is 14.8 Å². The highest BCUT2D eigenvalue weighted by atomic mass is 32.2. The number of benzene rings is 1. The SMILES string of the molecule is CCCNC(=O)[C@@H]1CS[C@H]2c3ccc(OC)c(OC)c3C(=O)N12. The minimum atomic E-state index is -0.438. The Kier molecular flexibility index (Phi) is 4.39. The molecule has 1 N–H and O–H groups in total. The number of hydrogen-bond donors (Lipinski definition) is 1. The fourth-order valence-electron chi connectivity index (χ4n) is 3.06. The number of rotatable bonds is 5. The molecule has 0 bridgehead atoms. The zero-order chi connectivity index (χ0) is 16.6. The van der Waals surface area contributed by atoms with Gasteiger partial charge in [0.2, 0.25) is 5.91 Å². The fraction of sp³-hybridized carbons (Fsp3) is 0.500. The summed E-state index contributed by atoms with van der Waals surface area (Å²) in [6.07, 6.45) is 0.869. The van der Waals surface area contributed by atoms with Crippen LogP contribution in [-0.4, -0.2) is 49.3 Å². The Morgan fingerprint density at radius 2 is 2.17 bits per heavy atom. The number of thioether (sulfide) groups is 1. The van der Waals surface area contributed by atoms with E-state index in [1.807, 2.05) is 13.0 Å². The molecule has 7 heteroatoms. The summed E-state index contributed by atoms with van der Waals surface area (Å²) >= 11 is 1.61. The number of amides is 2. The van der Waals surface area contributed by atoms with Gasteiger partial charge >= 0.3 is 0 Å². The van der Waals surface area contributed by atoms with E-state index in [0.717, 1.165) is 12.0 Å². The zero-order valence-corrected chi connectivity index (χ0v) is 14.2. The van der Waals surface area contributed by atoms with E-state index in [0.29, 0.717) is 29.4 Å². The first-order chi connectivity index (χ1) is 11.1. The number of carbonyl (C=O) groups is 2. The summed E-state index contributed by atoms with van der Waals surface area (Å²) in [5, 5.41) is 2.75. The molecule has 0 spiro atoms. The maximum atomic E-state index is 12.9. The van der Waals surface area contributed by atoms with Crippen molar-refractivity contribution in [1.29, 1.82) is 0 Å². The van der Waals surface area contributed by atoms with Crippen molar-refractivity contribution >= 4 is 23.6 Å². The van der Waals surface area contributed by atoms with E-state index >= 15 is 0 Å². The molecule has 2 atom stereocenters. The lowest BCUT2D eigenvalue weighted by Crippen LogP contribution is -2.46. The number of nitrogens with zero attached hydrogens (tertiary/aromatic N) is 1. The molecule has 2 aliphatic heterocycles. The number of nitrogens with one attached hydrogen (secondary N) is 1. The van der Waals surface area contributed by atoms with Crippen molar-refractivity contribution in [3.05, 3.63) is 23.3 Å². The Balaban J connectivity index is 1.95. The van der Waals surface area contributed by atoms with Gasteiger partial charge in [-0.1, -0.05) is 13.0 Å². The van der Waals surface area contributed by atoms with Crippen LogP contribution in [-0.2, 0) is 4.79 Å². The first-order valence-electron chi connectivity index (χ1n) is 7.60. The highest BCUT2D eigenvalue weighted by Crippen LogP contribution is 2.52. The van der Waals surface area contributed by atoms with Crippen molar-refractivity contribution in [1.82, 2.24) is 10.2 Å². The molecule has 1 saturated heterocycles. The summed E-state index contributed by atoms with van der Waals surface area (Å²) in [5.74, 6) is 1.33. The van der Waals surface area contributed by atoms with E-state index in [2.05, 4.69) is 5.32 Å². The fourth-order valence-corrected chi connectivity index (χ4v) is 4.52. The molecule has 0 saturated carbocycles. The summed E-state index contributed by atoms with van der Waals surface area (Å²) < 4.78 is 10.7. The monoisotopic (exact) mass is 336 g/mol. The average Bonchev–Trinajstić information content (AvgIpc) is 3.12. The molecule has 1 aromatic carbocycles. The van der Waals surface area contributed by atoms with Gasteiger partial charge in [0.15, 0.2) is 11.5 Å². The van der Waals surface area contributed by atoms with Crippen LogP contribution in [0.4, 0.5) is 0 Å². The summed E-state index contributed by atoms with van der Waals surface area (Å²) in [6.45, 7) is 2.62.